The van der Waals surface area contributed by atoms with Crippen LogP contribution in [0.5, 0.6) is 11.5 Å². The lowest BCUT2D eigenvalue weighted by Crippen LogP contribution is -2.17. The molecule has 0 aromatic heterocycles. The molecule has 0 aliphatic carbocycles. The summed E-state index contributed by atoms with van der Waals surface area (Å²) in [6, 6.07) is 15.1. The van der Waals surface area contributed by atoms with Crippen molar-refractivity contribution in [2.75, 3.05) is 5.32 Å². The average molecular weight is 273 g/mol. The first kappa shape index (κ1) is 13.4. The summed E-state index contributed by atoms with van der Waals surface area (Å²) in [5.74, 6) is 0.595. The second kappa shape index (κ2) is 6.79. The zero-order valence-electron chi connectivity index (χ0n) is 10.3. The van der Waals surface area contributed by atoms with Gasteiger partial charge in [-0.1, -0.05) is 30.3 Å². The van der Waals surface area contributed by atoms with Crippen molar-refractivity contribution in [1.29, 1.82) is 0 Å². The Morgan fingerprint density at radius 1 is 1.00 bits per heavy atom. The topological polar surface area (TPSA) is 73.9 Å². The molecule has 0 saturated carbocycles. The van der Waals surface area contributed by atoms with E-state index in [9.17, 15) is 9.59 Å². The van der Waals surface area contributed by atoms with E-state index in [1.165, 1.54) is 6.07 Å². The van der Waals surface area contributed by atoms with Gasteiger partial charge in [0.15, 0.2) is 0 Å². The Hall–Kier alpha value is -3.02. The number of nitrogens with one attached hydrogen (secondary N) is 1. The fourth-order valence-electron chi connectivity index (χ4n) is 1.45. The molecular weight excluding hydrogens is 262 g/mol. The van der Waals surface area contributed by atoms with Crippen molar-refractivity contribution >= 4 is 18.3 Å². The van der Waals surface area contributed by atoms with E-state index in [4.69, 9.17) is 9.62 Å². The standard InChI is InChI=1S/C14H11NO5/c16-10-18-20-13-9-5-4-8-12(13)15-14(17)19-11-6-2-1-3-7-11/h1-10H,(H,15,17). The van der Waals surface area contributed by atoms with Crippen LogP contribution in [0.15, 0.2) is 54.6 Å². The number of rotatable bonds is 5. The second-order valence-electron chi connectivity index (χ2n) is 3.60. The van der Waals surface area contributed by atoms with Crippen LogP contribution in [0.25, 0.3) is 0 Å². The quantitative estimate of drug-likeness (QED) is 0.515. The lowest BCUT2D eigenvalue weighted by molar-refractivity contribution is -0.196. The summed E-state index contributed by atoms with van der Waals surface area (Å²) in [6.45, 7) is 0.138. The largest absolute Gasteiger partial charge is 0.417 e. The Kier molecular flexibility index (Phi) is 4.55. The van der Waals surface area contributed by atoms with Crippen molar-refractivity contribution in [3.63, 3.8) is 0 Å². The number of hydrogen-bond donors (Lipinski definition) is 1. The van der Waals surface area contributed by atoms with Crippen LogP contribution in [0, 0.1) is 0 Å². The molecular formula is C14H11NO5. The molecule has 0 fully saturated rings. The summed E-state index contributed by atoms with van der Waals surface area (Å²) >= 11 is 0. The van der Waals surface area contributed by atoms with Crippen LogP contribution in [0.3, 0.4) is 0 Å². The Balaban J connectivity index is 2.02. The molecule has 0 aliphatic heterocycles. The van der Waals surface area contributed by atoms with Crippen molar-refractivity contribution in [2.45, 2.75) is 0 Å². The fourth-order valence-corrected chi connectivity index (χ4v) is 1.45. The monoisotopic (exact) mass is 273 g/mol. The third-order valence-corrected chi connectivity index (χ3v) is 2.25. The highest BCUT2D eigenvalue weighted by atomic mass is 17.2. The van der Waals surface area contributed by atoms with Gasteiger partial charge < -0.3 is 4.74 Å². The van der Waals surface area contributed by atoms with Gasteiger partial charge in [-0.3, -0.25) is 19.9 Å². The van der Waals surface area contributed by atoms with Crippen molar-refractivity contribution in [3.05, 3.63) is 54.6 Å². The van der Waals surface area contributed by atoms with E-state index >= 15 is 0 Å². The number of amides is 1. The van der Waals surface area contributed by atoms with E-state index in [0.717, 1.165) is 0 Å². The maximum absolute atomic E-state index is 11.7. The summed E-state index contributed by atoms with van der Waals surface area (Å²) in [4.78, 5) is 30.7. The summed E-state index contributed by atoms with van der Waals surface area (Å²) in [7, 11) is 0. The minimum absolute atomic E-state index is 0.138. The van der Waals surface area contributed by atoms with Crippen LogP contribution in [0.2, 0.25) is 0 Å². The molecule has 0 atom stereocenters. The molecule has 102 valence electrons. The minimum atomic E-state index is -0.682. The number of carbonyl (C=O) groups excluding carboxylic acids is 2. The molecule has 0 heterocycles. The smallest absolute Gasteiger partial charge is 0.410 e. The first-order chi connectivity index (χ1) is 9.79. The van der Waals surface area contributed by atoms with Crippen LogP contribution in [0.1, 0.15) is 0 Å². The lowest BCUT2D eigenvalue weighted by Gasteiger charge is -2.09. The van der Waals surface area contributed by atoms with Gasteiger partial charge in [0.05, 0.1) is 5.69 Å². The molecule has 0 saturated heterocycles. The summed E-state index contributed by atoms with van der Waals surface area (Å²) in [5, 5.41) is 2.49. The fraction of sp³-hybridized carbons (Fsp3) is 0. The van der Waals surface area contributed by atoms with Gasteiger partial charge in [0.1, 0.15) is 5.75 Å². The molecule has 0 spiro atoms. The Morgan fingerprint density at radius 2 is 1.70 bits per heavy atom. The predicted molar refractivity (Wildman–Crippen MR) is 70.3 cm³/mol. The lowest BCUT2D eigenvalue weighted by atomic mass is 10.3. The summed E-state index contributed by atoms with van der Waals surface area (Å²) in [5.41, 5.74) is 0.315. The van der Waals surface area contributed by atoms with Crippen molar-refractivity contribution in [1.82, 2.24) is 0 Å². The second-order valence-corrected chi connectivity index (χ2v) is 3.60. The van der Waals surface area contributed by atoms with Crippen LogP contribution >= 0.6 is 0 Å². The molecule has 20 heavy (non-hydrogen) atoms. The third kappa shape index (κ3) is 3.74. The van der Waals surface area contributed by atoms with Crippen LogP contribution in [0.4, 0.5) is 10.5 Å². The van der Waals surface area contributed by atoms with Crippen LogP contribution in [-0.4, -0.2) is 12.6 Å². The van der Waals surface area contributed by atoms with Gasteiger partial charge in [-0.2, -0.15) is 0 Å². The highest BCUT2D eigenvalue weighted by molar-refractivity contribution is 5.88. The molecule has 2 aromatic rings. The normalized spacial score (nSPS) is 9.40. The van der Waals surface area contributed by atoms with E-state index in [2.05, 4.69) is 10.2 Å². The maximum atomic E-state index is 11.7. The highest BCUT2D eigenvalue weighted by Gasteiger charge is 2.10. The van der Waals surface area contributed by atoms with Gasteiger partial charge in [-0.25, -0.2) is 4.79 Å². The Morgan fingerprint density at radius 3 is 2.45 bits per heavy atom. The average Bonchev–Trinajstić information content (AvgIpc) is 2.47. The number of para-hydroxylation sites is 3. The SMILES string of the molecule is O=COOc1ccccc1NC(=O)Oc1ccccc1. The summed E-state index contributed by atoms with van der Waals surface area (Å²) < 4.78 is 5.06. The molecule has 0 unspecified atom stereocenters. The number of benzene rings is 2. The molecule has 2 rings (SSSR count). The van der Waals surface area contributed by atoms with Gasteiger partial charge >= 0.3 is 12.6 Å². The number of anilines is 1. The predicted octanol–water partition coefficient (Wildman–Crippen LogP) is 2.76. The van der Waals surface area contributed by atoms with E-state index in [-0.39, 0.29) is 12.2 Å². The first-order valence-corrected chi connectivity index (χ1v) is 5.69. The first-order valence-electron chi connectivity index (χ1n) is 5.69. The van der Waals surface area contributed by atoms with Gasteiger partial charge in [0, 0.05) is 0 Å². The highest BCUT2D eigenvalue weighted by Crippen LogP contribution is 2.24. The van der Waals surface area contributed by atoms with Gasteiger partial charge in [0.2, 0.25) is 5.75 Å². The molecule has 1 N–H and O–H groups in total. The zero-order valence-corrected chi connectivity index (χ0v) is 10.3. The van der Waals surface area contributed by atoms with Gasteiger partial charge in [0.25, 0.3) is 0 Å². The Labute approximate surface area is 114 Å². The number of carbonyl (C=O) groups is 2. The molecule has 1 amide bonds. The van der Waals surface area contributed by atoms with Crippen LogP contribution < -0.4 is 14.9 Å². The molecule has 6 heteroatoms. The maximum Gasteiger partial charge on any atom is 0.417 e. The van der Waals surface area contributed by atoms with E-state index < -0.39 is 6.09 Å². The molecule has 0 radical (unpaired) electrons. The van der Waals surface area contributed by atoms with Crippen molar-refractivity contribution < 1.29 is 24.1 Å². The molecule has 6 nitrogen and oxygen atoms in total. The van der Waals surface area contributed by atoms with Gasteiger partial charge in [-0.15, -0.1) is 0 Å². The number of ether oxygens (including phenoxy) is 1. The molecule has 2 aromatic carbocycles. The van der Waals surface area contributed by atoms with E-state index in [1.54, 1.807) is 42.5 Å². The summed E-state index contributed by atoms with van der Waals surface area (Å²) in [6.07, 6.45) is -0.682. The van der Waals surface area contributed by atoms with Gasteiger partial charge in [-0.05, 0) is 24.3 Å². The molecule has 0 bridgehead atoms. The Bertz CT molecular complexity index is 585. The van der Waals surface area contributed by atoms with E-state index in [0.29, 0.717) is 11.4 Å². The molecule has 0 aliphatic rings. The zero-order chi connectivity index (χ0) is 14.2. The minimum Gasteiger partial charge on any atom is -0.410 e. The van der Waals surface area contributed by atoms with Crippen LogP contribution in [-0.2, 0) is 9.68 Å². The number of hydrogen-bond acceptors (Lipinski definition) is 5. The van der Waals surface area contributed by atoms with Crippen molar-refractivity contribution in [2.24, 2.45) is 0 Å². The van der Waals surface area contributed by atoms with Crippen molar-refractivity contribution in [3.8, 4) is 11.5 Å². The van der Waals surface area contributed by atoms with E-state index in [1.807, 2.05) is 6.07 Å². The third-order valence-electron chi connectivity index (χ3n) is 2.25.